The molecule has 0 saturated heterocycles. The minimum atomic E-state index is -0.161. The standard InChI is InChI=1S/C12H20N2O3S/c1-5-16-11(15)6-9(4)18-7-10-13-14-12(17-10)8(2)3/h8-9H,5-7H2,1-4H3/t9-/m1/s1. The molecule has 0 aromatic carbocycles. The molecule has 0 spiro atoms. The fraction of sp³-hybridized carbons (Fsp3) is 0.750. The van der Waals surface area contributed by atoms with Crippen molar-refractivity contribution in [3.63, 3.8) is 0 Å². The number of esters is 1. The molecule has 1 rings (SSSR count). The summed E-state index contributed by atoms with van der Waals surface area (Å²) in [6, 6.07) is 0. The Morgan fingerprint density at radius 1 is 1.39 bits per heavy atom. The summed E-state index contributed by atoms with van der Waals surface area (Å²) >= 11 is 1.61. The predicted molar refractivity (Wildman–Crippen MR) is 70.4 cm³/mol. The summed E-state index contributed by atoms with van der Waals surface area (Å²) in [6.45, 7) is 8.24. The first kappa shape index (κ1) is 15.0. The van der Waals surface area contributed by atoms with Crippen molar-refractivity contribution >= 4 is 17.7 Å². The van der Waals surface area contributed by atoms with Gasteiger partial charge in [0.1, 0.15) is 0 Å². The number of carbonyl (C=O) groups is 1. The number of hydrogen-bond donors (Lipinski definition) is 0. The summed E-state index contributed by atoms with van der Waals surface area (Å²) in [7, 11) is 0. The lowest BCUT2D eigenvalue weighted by Crippen LogP contribution is -2.10. The van der Waals surface area contributed by atoms with Crippen LogP contribution in [-0.2, 0) is 15.3 Å². The van der Waals surface area contributed by atoms with Crippen LogP contribution in [0.1, 0.15) is 51.8 Å². The number of nitrogens with zero attached hydrogens (tertiary/aromatic N) is 2. The van der Waals surface area contributed by atoms with Crippen LogP contribution in [0, 0.1) is 0 Å². The quantitative estimate of drug-likeness (QED) is 0.711. The minimum absolute atomic E-state index is 0.161. The first-order valence-electron chi connectivity index (χ1n) is 6.12. The molecule has 6 heteroatoms. The monoisotopic (exact) mass is 272 g/mol. The summed E-state index contributed by atoms with van der Waals surface area (Å²) < 4.78 is 10.4. The van der Waals surface area contributed by atoms with Gasteiger partial charge in [-0.05, 0) is 6.92 Å². The van der Waals surface area contributed by atoms with E-state index < -0.39 is 0 Å². The van der Waals surface area contributed by atoms with Crippen molar-refractivity contribution in [1.29, 1.82) is 0 Å². The molecule has 18 heavy (non-hydrogen) atoms. The van der Waals surface area contributed by atoms with Crippen LogP contribution < -0.4 is 0 Å². The molecule has 0 unspecified atom stereocenters. The largest absolute Gasteiger partial charge is 0.466 e. The normalized spacial score (nSPS) is 12.7. The number of ether oxygens (including phenoxy) is 1. The van der Waals surface area contributed by atoms with E-state index in [0.29, 0.717) is 30.6 Å². The number of thioether (sulfide) groups is 1. The molecule has 0 N–H and O–H groups in total. The molecule has 102 valence electrons. The molecule has 1 aromatic rings. The van der Waals surface area contributed by atoms with Crippen LogP contribution >= 0.6 is 11.8 Å². The van der Waals surface area contributed by atoms with E-state index in [-0.39, 0.29) is 17.1 Å². The smallest absolute Gasteiger partial charge is 0.306 e. The van der Waals surface area contributed by atoms with Gasteiger partial charge in [0.25, 0.3) is 0 Å². The molecule has 5 nitrogen and oxygen atoms in total. The Kier molecular flexibility index (Phi) is 6.18. The fourth-order valence-electron chi connectivity index (χ4n) is 1.29. The maximum Gasteiger partial charge on any atom is 0.306 e. The molecule has 0 aliphatic heterocycles. The van der Waals surface area contributed by atoms with Crippen LogP contribution in [-0.4, -0.2) is 28.0 Å². The maximum absolute atomic E-state index is 11.3. The maximum atomic E-state index is 11.3. The highest BCUT2D eigenvalue weighted by atomic mass is 32.2. The van der Waals surface area contributed by atoms with Crippen molar-refractivity contribution in [2.75, 3.05) is 6.61 Å². The molecule has 0 bridgehead atoms. The summed E-state index contributed by atoms with van der Waals surface area (Å²) in [5, 5.41) is 8.11. The lowest BCUT2D eigenvalue weighted by molar-refractivity contribution is -0.142. The van der Waals surface area contributed by atoms with Gasteiger partial charge in [-0.2, -0.15) is 0 Å². The van der Waals surface area contributed by atoms with E-state index in [4.69, 9.17) is 9.15 Å². The van der Waals surface area contributed by atoms with E-state index in [1.54, 1.807) is 11.8 Å². The zero-order valence-corrected chi connectivity index (χ0v) is 12.1. The molecule has 0 aliphatic rings. The molecule has 0 aliphatic carbocycles. The third kappa shape index (κ3) is 5.08. The number of carbonyl (C=O) groups excluding carboxylic acids is 1. The minimum Gasteiger partial charge on any atom is -0.466 e. The summed E-state index contributed by atoms with van der Waals surface area (Å²) in [5.74, 6) is 1.97. The number of rotatable bonds is 7. The molecular weight excluding hydrogens is 252 g/mol. The van der Waals surface area contributed by atoms with E-state index in [1.807, 2.05) is 27.7 Å². The van der Waals surface area contributed by atoms with Gasteiger partial charge in [-0.1, -0.05) is 20.8 Å². The van der Waals surface area contributed by atoms with Crippen LogP contribution in [0.2, 0.25) is 0 Å². The second kappa shape index (κ2) is 7.41. The highest BCUT2D eigenvalue weighted by Gasteiger charge is 2.14. The summed E-state index contributed by atoms with van der Waals surface area (Å²) in [4.78, 5) is 11.3. The predicted octanol–water partition coefficient (Wildman–Crippen LogP) is 2.77. The zero-order chi connectivity index (χ0) is 13.5. The van der Waals surface area contributed by atoms with Crippen molar-refractivity contribution in [2.24, 2.45) is 0 Å². The van der Waals surface area contributed by atoms with Crippen molar-refractivity contribution in [3.8, 4) is 0 Å². The molecule has 1 atom stereocenters. The second-order valence-corrected chi connectivity index (χ2v) is 5.75. The van der Waals surface area contributed by atoms with Crippen LogP contribution in [0.15, 0.2) is 4.42 Å². The number of aromatic nitrogens is 2. The van der Waals surface area contributed by atoms with Gasteiger partial charge in [-0.25, -0.2) is 0 Å². The van der Waals surface area contributed by atoms with Gasteiger partial charge >= 0.3 is 5.97 Å². The van der Waals surface area contributed by atoms with Gasteiger partial charge in [-0.3, -0.25) is 4.79 Å². The molecule has 0 radical (unpaired) electrons. The third-order valence-corrected chi connectivity index (χ3v) is 3.38. The Bertz CT molecular complexity index is 379. The second-order valence-electron chi connectivity index (χ2n) is 4.32. The van der Waals surface area contributed by atoms with Crippen LogP contribution in [0.4, 0.5) is 0 Å². The van der Waals surface area contributed by atoms with Gasteiger partial charge in [0.15, 0.2) is 0 Å². The first-order chi connectivity index (χ1) is 8.52. The summed E-state index contributed by atoms with van der Waals surface area (Å²) in [6.07, 6.45) is 0.406. The van der Waals surface area contributed by atoms with Crippen molar-refractivity contribution in [1.82, 2.24) is 10.2 Å². The molecule has 0 fully saturated rings. The van der Waals surface area contributed by atoms with E-state index in [2.05, 4.69) is 10.2 Å². The topological polar surface area (TPSA) is 65.2 Å². The van der Waals surface area contributed by atoms with Crippen LogP contribution in [0.5, 0.6) is 0 Å². The fourth-order valence-corrected chi connectivity index (χ4v) is 2.08. The lowest BCUT2D eigenvalue weighted by atomic mass is 10.2. The highest BCUT2D eigenvalue weighted by Crippen LogP contribution is 2.21. The SMILES string of the molecule is CCOC(=O)C[C@@H](C)SCc1nnc(C(C)C)o1. The van der Waals surface area contributed by atoms with E-state index in [0.717, 1.165) is 0 Å². The van der Waals surface area contributed by atoms with Gasteiger partial charge in [0, 0.05) is 11.2 Å². The molecule has 0 saturated carbocycles. The van der Waals surface area contributed by atoms with E-state index >= 15 is 0 Å². The van der Waals surface area contributed by atoms with Crippen molar-refractivity contribution in [3.05, 3.63) is 11.8 Å². The van der Waals surface area contributed by atoms with Gasteiger partial charge in [-0.15, -0.1) is 22.0 Å². The summed E-state index contributed by atoms with van der Waals surface area (Å²) in [5.41, 5.74) is 0. The average molecular weight is 272 g/mol. The first-order valence-corrected chi connectivity index (χ1v) is 7.17. The van der Waals surface area contributed by atoms with E-state index in [9.17, 15) is 4.79 Å². The third-order valence-electron chi connectivity index (χ3n) is 2.23. The van der Waals surface area contributed by atoms with E-state index in [1.165, 1.54) is 0 Å². The zero-order valence-electron chi connectivity index (χ0n) is 11.3. The molecule has 0 amide bonds. The Hall–Kier alpha value is -1.04. The molecule has 1 aromatic heterocycles. The molecule has 1 heterocycles. The van der Waals surface area contributed by atoms with Gasteiger partial charge in [0.2, 0.25) is 11.8 Å². The van der Waals surface area contributed by atoms with Crippen LogP contribution in [0.25, 0.3) is 0 Å². The highest BCUT2D eigenvalue weighted by molar-refractivity contribution is 7.99. The molecular formula is C12H20N2O3S. The Balaban J connectivity index is 2.33. The van der Waals surface area contributed by atoms with Crippen molar-refractivity contribution < 1.29 is 13.9 Å². The van der Waals surface area contributed by atoms with Crippen molar-refractivity contribution in [2.45, 2.75) is 51.0 Å². The Morgan fingerprint density at radius 2 is 2.11 bits per heavy atom. The Morgan fingerprint density at radius 3 is 2.67 bits per heavy atom. The van der Waals surface area contributed by atoms with Gasteiger partial charge < -0.3 is 9.15 Å². The average Bonchev–Trinajstić information content (AvgIpc) is 2.75. The van der Waals surface area contributed by atoms with Crippen LogP contribution in [0.3, 0.4) is 0 Å². The lowest BCUT2D eigenvalue weighted by Gasteiger charge is -2.08. The number of hydrogen-bond acceptors (Lipinski definition) is 6. The van der Waals surface area contributed by atoms with Gasteiger partial charge in [0.05, 0.1) is 18.8 Å². The Labute approximate surface area is 112 Å².